The Bertz CT molecular complexity index is 2670. The molecule has 1 aromatic heterocycles. The maximum Gasteiger partial charge on any atom is 0.265 e. The van der Waals surface area contributed by atoms with Gasteiger partial charge in [-0.2, -0.15) is 0 Å². The average molecular weight is 858 g/mol. The van der Waals surface area contributed by atoms with Gasteiger partial charge < -0.3 is 29.1 Å². The van der Waals surface area contributed by atoms with Crippen molar-refractivity contribution in [3.8, 4) is 11.6 Å². The zero-order valence-corrected chi connectivity index (χ0v) is 35.2. The van der Waals surface area contributed by atoms with Crippen molar-refractivity contribution in [1.82, 2.24) is 10.1 Å². The number of nitrogens with zero attached hydrogens (tertiary/aromatic N) is 3. The van der Waals surface area contributed by atoms with Crippen LogP contribution in [0.25, 0.3) is 5.76 Å². The molecule has 10 nitrogen and oxygen atoms in total. The van der Waals surface area contributed by atoms with Gasteiger partial charge in [0, 0.05) is 49.3 Å². The van der Waals surface area contributed by atoms with Gasteiger partial charge in [0.15, 0.2) is 17.1 Å². The fourth-order valence-corrected chi connectivity index (χ4v) is 9.65. The Kier molecular flexibility index (Phi) is 11.8. The highest BCUT2D eigenvalue weighted by Crippen LogP contribution is 2.57. The quantitative estimate of drug-likeness (QED) is 0.0719. The van der Waals surface area contributed by atoms with Gasteiger partial charge in [-0.25, -0.2) is 4.39 Å². The lowest BCUT2D eigenvalue weighted by atomic mass is 9.57. The van der Waals surface area contributed by atoms with E-state index in [9.17, 15) is 15.0 Å². The number of anilines is 1. The Morgan fingerprint density at radius 1 is 0.766 bits per heavy atom. The highest BCUT2D eigenvalue weighted by molar-refractivity contribution is 6.26. The minimum atomic E-state index is -2.69. The van der Waals surface area contributed by atoms with Gasteiger partial charge in [0.05, 0.1) is 17.3 Å². The second-order valence-corrected chi connectivity index (χ2v) is 16.6. The maximum atomic E-state index is 17.1. The van der Waals surface area contributed by atoms with Gasteiger partial charge in [0.1, 0.15) is 30.4 Å². The molecule has 11 heteroatoms. The van der Waals surface area contributed by atoms with E-state index in [0.29, 0.717) is 18.8 Å². The number of benzene rings is 5. The van der Waals surface area contributed by atoms with Crippen LogP contribution >= 0.6 is 0 Å². The largest absolute Gasteiger partial charge is 0.507 e. The molecule has 1 heterocycles. The lowest BCUT2D eigenvalue weighted by Gasteiger charge is -2.50. The summed E-state index contributed by atoms with van der Waals surface area (Å²) < 4.78 is 35.8. The molecule has 4 atom stereocenters. The van der Waals surface area contributed by atoms with Crippen LogP contribution in [0.15, 0.2) is 163 Å². The van der Waals surface area contributed by atoms with Crippen molar-refractivity contribution in [2.24, 2.45) is 11.8 Å². The van der Waals surface area contributed by atoms with Gasteiger partial charge in [0.2, 0.25) is 11.6 Å². The summed E-state index contributed by atoms with van der Waals surface area (Å²) in [5.74, 6) is -4.80. The molecule has 2 N–H and O–H groups in total. The smallest absolute Gasteiger partial charge is 0.265 e. The molecular formula is C53H48FN3O7. The molecule has 0 aliphatic heterocycles. The van der Waals surface area contributed by atoms with Crippen LogP contribution in [0.4, 0.5) is 10.1 Å². The van der Waals surface area contributed by atoms with Gasteiger partial charge in [0.25, 0.3) is 5.88 Å². The number of Topliss-reactive ketones (excluding diaryl/α,β-unsaturated/α-hetero) is 2. The molecule has 6 aromatic rings. The summed E-state index contributed by atoms with van der Waals surface area (Å²) in [5.41, 5.74) is 1.06. The van der Waals surface area contributed by atoms with Crippen molar-refractivity contribution in [2.75, 3.05) is 18.0 Å². The first-order valence-electron chi connectivity index (χ1n) is 21.4. The van der Waals surface area contributed by atoms with E-state index in [4.69, 9.17) is 14.0 Å². The summed E-state index contributed by atoms with van der Waals surface area (Å²) in [6, 6.07) is 38.9. The first-order chi connectivity index (χ1) is 31.2. The average Bonchev–Trinajstić information content (AvgIpc) is 3.74. The van der Waals surface area contributed by atoms with Crippen molar-refractivity contribution >= 4 is 23.0 Å². The summed E-state index contributed by atoms with van der Waals surface area (Å²) >= 11 is 0. The summed E-state index contributed by atoms with van der Waals surface area (Å²) in [7, 11) is 0. The van der Waals surface area contributed by atoms with Crippen LogP contribution in [0.5, 0.6) is 11.6 Å². The number of halogens is 1. The second kappa shape index (κ2) is 18.0. The standard InChI is InChI=1S/C53H48FN3O7/c1-3-25-56(26-4-2)46-40-28-38-27-39-41(54)29-42(57(30-34-17-9-5-10-18-34)31-35-19-11-6-12-20-35)48(62-32-36-21-13-7-14-22-36)44(39)47(58)43(38)50(59)53(40,61)51(60)45-49(46)64-55-52(45)63-33-37-23-15-8-16-24-37/h3-24,29,38,40,46,58,61H,1-2,25-28,30-33H2/t38-,40-,46-,53-/m0/s1. The van der Waals surface area contributed by atoms with Crippen molar-refractivity contribution in [3.63, 3.8) is 0 Å². The monoisotopic (exact) mass is 857 g/mol. The molecule has 1 fully saturated rings. The molecule has 324 valence electrons. The highest BCUT2D eigenvalue weighted by Gasteiger charge is 2.66. The maximum absolute atomic E-state index is 17.1. The van der Waals surface area contributed by atoms with Gasteiger partial charge in [-0.15, -0.1) is 13.2 Å². The predicted octanol–water partition coefficient (Wildman–Crippen LogP) is 9.55. The van der Waals surface area contributed by atoms with E-state index in [-0.39, 0.29) is 78.8 Å². The van der Waals surface area contributed by atoms with Crippen LogP contribution in [0.3, 0.4) is 0 Å². The summed E-state index contributed by atoms with van der Waals surface area (Å²) in [5, 5.41) is 29.8. The number of fused-ring (bicyclic) bond motifs is 4. The first kappa shape index (κ1) is 42.2. The summed E-state index contributed by atoms with van der Waals surface area (Å²) in [4.78, 5) is 34.2. The molecule has 0 spiro atoms. The molecule has 1 saturated carbocycles. The molecule has 0 saturated heterocycles. The topological polar surface area (TPSA) is 126 Å². The van der Waals surface area contributed by atoms with Crippen LogP contribution in [-0.4, -0.2) is 50.5 Å². The first-order valence-corrected chi connectivity index (χ1v) is 21.4. The third-order valence-corrected chi connectivity index (χ3v) is 12.6. The Labute approximate surface area is 371 Å². The highest BCUT2D eigenvalue weighted by atomic mass is 19.1. The van der Waals surface area contributed by atoms with Crippen molar-refractivity contribution in [2.45, 2.75) is 50.8 Å². The Balaban J connectivity index is 1.19. The predicted molar refractivity (Wildman–Crippen MR) is 241 cm³/mol. The fourth-order valence-electron chi connectivity index (χ4n) is 9.65. The number of aliphatic hydroxyl groups excluding tert-OH is 1. The Morgan fingerprint density at radius 3 is 1.84 bits per heavy atom. The summed E-state index contributed by atoms with van der Waals surface area (Å²) in [6.45, 7) is 9.22. The molecule has 9 rings (SSSR count). The van der Waals surface area contributed by atoms with E-state index in [2.05, 4.69) is 18.3 Å². The SMILES string of the molecule is C=CCN(CC=C)[C@@H]1c2onc(OCc3ccccc3)c2C(=O)[C@@]2(O)C(=O)C3=C(O)c4c(c(F)cc(N(Cc5ccccc5)Cc5ccccc5)c4OCc4ccccc4)C[C@H]3C[C@@H]12. The van der Waals surface area contributed by atoms with E-state index in [0.717, 1.165) is 22.3 Å². The van der Waals surface area contributed by atoms with Crippen molar-refractivity contribution in [1.29, 1.82) is 0 Å². The van der Waals surface area contributed by atoms with Crippen molar-refractivity contribution < 1.29 is 38.2 Å². The Morgan fingerprint density at radius 2 is 1.30 bits per heavy atom. The normalized spacial score (nSPS) is 19.9. The lowest BCUT2D eigenvalue weighted by Crippen LogP contribution is -2.63. The molecule has 0 unspecified atom stereocenters. The van der Waals surface area contributed by atoms with Crippen LogP contribution in [0.2, 0.25) is 0 Å². The van der Waals surface area contributed by atoms with E-state index < -0.39 is 46.6 Å². The number of carbonyl (C=O) groups is 2. The number of hydrogen-bond donors (Lipinski definition) is 2. The van der Waals surface area contributed by atoms with Gasteiger partial charge in [-0.1, -0.05) is 133 Å². The van der Waals surface area contributed by atoms with Gasteiger partial charge in [-0.05, 0) is 46.2 Å². The minimum absolute atomic E-state index is 0.0102. The second-order valence-electron chi connectivity index (χ2n) is 16.6. The fraction of sp³-hybridized carbons (Fsp3) is 0.226. The Hall–Kier alpha value is -7.08. The number of ether oxygens (including phenoxy) is 2. The van der Waals surface area contributed by atoms with Crippen LogP contribution < -0.4 is 14.4 Å². The van der Waals surface area contributed by atoms with E-state index >= 15 is 9.18 Å². The van der Waals surface area contributed by atoms with Gasteiger partial charge in [-0.3, -0.25) is 14.5 Å². The lowest BCUT2D eigenvalue weighted by molar-refractivity contribution is -0.143. The van der Waals surface area contributed by atoms with E-state index in [1.807, 2.05) is 131 Å². The molecule has 0 amide bonds. The van der Waals surface area contributed by atoms with Crippen LogP contribution in [-0.2, 0) is 37.5 Å². The number of hydrogen-bond acceptors (Lipinski definition) is 10. The third-order valence-electron chi connectivity index (χ3n) is 12.6. The molecular weight excluding hydrogens is 810 g/mol. The number of ketones is 2. The van der Waals surface area contributed by atoms with Crippen molar-refractivity contribution in [3.05, 3.63) is 209 Å². The molecule has 0 radical (unpaired) electrons. The molecule has 0 bridgehead atoms. The van der Waals surface area contributed by atoms with E-state index in [1.165, 1.54) is 6.07 Å². The third kappa shape index (κ3) is 7.71. The summed E-state index contributed by atoms with van der Waals surface area (Å²) in [6.07, 6.45) is 3.33. The molecule has 5 aromatic carbocycles. The van der Waals surface area contributed by atoms with Crippen LogP contribution in [0, 0.1) is 17.7 Å². The minimum Gasteiger partial charge on any atom is -0.507 e. The molecule has 3 aliphatic rings. The number of carbonyl (C=O) groups excluding carboxylic acids is 2. The number of aliphatic hydroxyl groups is 2. The number of aromatic nitrogens is 1. The molecule has 3 aliphatic carbocycles. The zero-order chi connectivity index (χ0) is 44.4. The molecule has 64 heavy (non-hydrogen) atoms. The van der Waals surface area contributed by atoms with Crippen LogP contribution in [0.1, 0.15) is 62.0 Å². The van der Waals surface area contributed by atoms with E-state index in [1.54, 1.807) is 12.2 Å². The zero-order valence-electron chi connectivity index (χ0n) is 35.2. The van der Waals surface area contributed by atoms with Gasteiger partial charge >= 0.3 is 0 Å². The number of rotatable bonds is 16.